The monoisotopic (exact) mass is 287 g/mol. The zero-order chi connectivity index (χ0) is 15.2. The predicted octanol–water partition coefficient (Wildman–Crippen LogP) is -0.273. The van der Waals surface area contributed by atoms with Crippen LogP contribution in [0.5, 0.6) is 0 Å². The summed E-state index contributed by atoms with van der Waals surface area (Å²) in [6.07, 6.45) is 1.60. The summed E-state index contributed by atoms with van der Waals surface area (Å²) >= 11 is 0. The zero-order valence-corrected chi connectivity index (χ0v) is 12.1. The molecule has 7 nitrogen and oxygen atoms in total. The number of carbonyl (C=O) groups is 2. The number of aliphatic hydroxyl groups is 1. The molecule has 20 heavy (non-hydrogen) atoms. The number of hydrogen-bond donors (Lipinski definition) is 4. The molecule has 0 spiro atoms. The lowest BCUT2D eigenvalue weighted by molar-refractivity contribution is -0.127. The molecule has 7 heteroatoms. The van der Waals surface area contributed by atoms with Crippen molar-refractivity contribution in [1.29, 1.82) is 0 Å². The van der Waals surface area contributed by atoms with Crippen LogP contribution >= 0.6 is 0 Å². The van der Waals surface area contributed by atoms with Gasteiger partial charge in [-0.15, -0.1) is 0 Å². The van der Waals surface area contributed by atoms with E-state index >= 15 is 0 Å². The van der Waals surface area contributed by atoms with E-state index in [1.54, 1.807) is 0 Å². The first-order valence-electron chi connectivity index (χ1n) is 6.95. The minimum atomic E-state index is -0.726. The van der Waals surface area contributed by atoms with Crippen molar-refractivity contribution in [3.63, 3.8) is 0 Å². The molecule has 3 amide bonds. The highest BCUT2D eigenvalue weighted by Gasteiger charge is 2.35. The summed E-state index contributed by atoms with van der Waals surface area (Å²) in [6, 6.07) is -1.41. The van der Waals surface area contributed by atoms with Crippen molar-refractivity contribution in [2.75, 3.05) is 19.8 Å². The van der Waals surface area contributed by atoms with Crippen LogP contribution in [0.4, 0.5) is 4.79 Å². The van der Waals surface area contributed by atoms with E-state index < -0.39 is 17.6 Å². The van der Waals surface area contributed by atoms with Crippen LogP contribution in [0, 0.1) is 5.92 Å². The summed E-state index contributed by atoms with van der Waals surface area (Å²) in [4.78, 5) is 23.3. The second-order valence-electron chi connectivity index (χ2n) is 5.73. The third-order valence-corrected chi connectivity index (χ3v) is 3.48. The van der Waals surface area contributed by atoms with E-state index in [-0.39, 0.29) is 18.4 Å². The van der Waals surface area contributed by atoms with Gasteiger partial charge in [-0.3, -0.25) is 4.79 Å². The molecule has 0 bridgehead atoms. The maximum absolute atomic E-state index is 12.3. The highest BCUT2D eigenvalue weighted by Crippen LogP contribution is 2.20. The van der Waals surface area contributed by atoms with Crippen LogP contribution in [0.1, 0.15) is 33.1 Å². The Morgan fingerprint density at radius 1 is 1.35 bits per heavy atom. The molecule has 0 aromatic rings. The lowest BCUT2D eigenvalue weighted by Crippen LogP contribution is -2.59. The van der Waals surface area contributed by atoms with Crippen molar-refractivity contribution >= 4 is 11.9 Å². The Kier molecular flexibility index (Phi) is 6.22. The Balaban J connectivity index is 2.69. The van der Waals surface area contributed by atoms with Gasteiger partial charge in [-0.05, 0) is 25.2 Å². The number of nitrogens with two attached hydrogens (primary N) is 1. The highest BCUT2D eigenvalue weighted by molar-refractivity contribution is 5.87. The molecule has 0 aromatic heterocycles. The fraction of sp³-hybridized carbons (Fsp3) is 0.846. The lowest BCUT2D eigenvalue weighted by Gasteiger charge is -2.37. The van der Waals surface area contributed by atoms with Gasteiger partial charge in [0.2, 0.25) is 5.91 Å². The molecule has 0 aliphatic carbocycles. The molecule has 1 aliphatic rings. The van der Waals surface area contributed by atoms with E-state index in [9.17, 15) is 14.7 Å². The highest BCUT2D eigenvalue weighted by atomic mass is 16.5. The first-order chi connectivity index (χ1) is 9.38. The van der Waals surface area contributed by atoms with Gasteiger partial charge in [0.15, 0.2) is 0 Å². The Morgan fingerprint density at radius 3 is 2.40 bits per heavy atom. The molecule has 5 N–H and O–H groups in total. The third kappa shape index (κ3) is 4.97. The Bertz CT molecular complexity index is 341. The normalized spacial score (nSPS) is 19.4. The molecule has 1 aliphatic heterocycles. The largest absolute Gasteiger partial charge is 0.394 e. The molecule has 1 unspecified atom stereocenters. The second kappa shape index (κ2) is 7.44. The first kappa shape index (κ1) is 16.7. The number of amides is 3. The van der Waals surface area contributed by atoms with Gasteiger partial charge in [-0.1, -0.05) is 13.8 Å². The van der Waals surface area contributed by atoms with E-state index in [1.165, 1.54) is 0 Å². The zero-order valence-electron chi connectivity index (χ0n) is 12.1. The molecule has 0 radical (unpaired) electrons. The molecule has 1 atom stereocenters. The second-order valence-corrected chi connectivity index (χ2v) is 5.73. The Labute approximate surface area is 119 Å². The van der Waals surface area contributed by atoms with Crippen LogP contribution in [0.25, 0.3) is 0 Å². The summed E-state index contributed by atoms with van der Waals surface area (Å²) in [5, 5.41) is 14.9. The molecule has 116 valence electrons. The number of primary amides is 1. The van der Waals surface area contributed by atoms with Gasteiger partial charge < -0.3 is 26.2 Å². The van der Waals surface area contributed by atoms with Crippen molar-refractivity contribution < 1.29 is 19.4 Å². The molecule has 0 aromatic carbocycles. The van der Waals surface area contributed by atoms with Gasteiger partial charge in [0.25, 0.3) is 0 Å². The summed E-state index contributed by atoms with van der Waals surface area (Å²) in [5.74, 6) is -0.0779. The summed E-state index contributed by atoms with van der Waals surface area (Å²) in [7, 11) is 0. The van der Waals surface area contributed by atoms with Crippen LogP contribution in [-0.2, 0) is 9.53 Å². The smallest absolute Gasteiger partial charge is 0.312 e. The number of urea groups is 1. The first-order valence-corrected chi connectivity index (χ1v) is 6.95. The van der Waals surface area contributed by atoms with Crippen molar-refractivity contribution in [3.05, 3.63) is 0 Å². The van der Waals surface area contributed by atoms with Gasteiger partial charge in [-0.2, -0.15) is 0 Å². The topological polar surface area (TPSA) is 114 Å². The number of hydrogen-bond acceptors (Lipinski definition) is 4. The molecule has 1 heterocycles. The number of carbonyl (C=O) groups excluding carboxylic acids is 2. The molecule has 1 fully saturated rings. The Hall–Kier alpha value is -1.34. The van der Waals surface area contributed by atoms with Gasteiger partial charge in [0.1, 0.15) is 6.04 Å². The van der Waals surface area contributed by atoms with E-state index in [2.05, 4.69) is 10.6 Å². The minimum Gasteiger partial charge on any atom is -0.394 e. The van der Waals surface area contributed by atoms with Crippen LogP contribution in [0.2, 0.25) is 0 Å². The van der Waals surface area contributed by atoms with Crippen LogP contribution in [0.15, 0.2) is 0 Å². The molecule has 0 saturated carbocycles. The van der Waals surface area contributed by atoms with Crippen molar-refractivity contribution in [1.82, 2.24) is 10.6 Å². The van der Waals surface area contributed by atoms with Gasteiger partial charge in [-0.25, -0.2) is 4.79 Å². The predicted molar refractivity (Wildman–Crippen MR) is 74.0 cm³/mol. The maximum atomic E-state index is 12.3. The number of rotatable bonds is 6. The SMILES string of the molecule is CC(C)CC(NC(N)=O)C(=O)NC1(CO)CCOCC1. The summed E-state index contributed by atoms with van der Waals surface area (Å²) < 4.78 is 5.25. The third-order valence-electron chi connectivity index (χ3n) is 3.48. The fourth-order valence-electron chi connectivity index (χ4n) is 2.31. The van der Waals surface area contributed by atoms with E-state index in [0.29, 0.717) is 32.5 Å². The standard InChI is InChI=1S/C13H25N3O4/c1-9(2)7-10(15-12(14)19)11(18)16-13(8-17)3-5-20-6-4-13/h9-10,17H,3-8H2,1-2H3,(H,16,18)(H3,14,15,19). The number of nitrogens with one attached hydrogen (secondary N) is 2. The van der Waals surface area contributed by atoms with Crippen LogP contribution in [-0.4, -0.2) is 48.4 Å². The minimum absolute atomic E-state index is 0.146. The van der Waals surface area contributed by atoms with E-state index in [4.69, 9.17) is 10.5 Å². The quantitative estimate of drug-likeness (QED) is 0.538. The van der Waals surface area contributed by atoms with E-state index in [0.717, 1.165) is 0 Å². The number of aliphatic hydroxyl groups excluding tert-OH is 1. The molecular weight excluding hydrogens is 262 g/mol. The van der Waals surface area contributed by atoms with Crippen molar-refractivity contribution in [2.24, 2.45) is 11.7 Å². The Morgan fingerprint density at radius 2 is 1.95 bits per heavy atom. The average molecular weight is 287 g/mol. The average Bonchev–Trinajstić information content (AvgIpc) is 2.38. The molecule has 1 rings (SSSR count). The van der Waals surface area contributed by atoms with Gasteiger partial charge >= 0.3 is 6.03 Å². The lowest BCUT2D eigenvalue weighted by atomic mass is 9.90. The van der Waals surface area contributed by atoms with Crippen LogP contribution < -0.4 is 16.4 Å². The maximum Gasteiger partial charge on any atom is 0.312 e. The summed E-state index contributed by atoms with van der Waals surface area (Å²) in [6.45, 7) is 4.77. The fourth-order valence-corrected chi connectivity index (χ4v) is 2.31. The number of ether oxygens (including phenoxy) is 1. The molecular formula is C13H25N3O4. The van der Waals surface area contributed by atoms with E-state index in [1.807, 2.05) is 13.8 Å². The van der Waals surface area contributed by atoms with Crippen LogP contribution in [0.3, 0.4) is 0 Å². The summed E-state index contributed by atoms with van der Waals surface area (Å²) in [5.41, 5.74) is 4.44. The van der Waals surface area contributed by atoms with Crippen molar-refractivity contribution in [3.8, 4) is 0 Å². The molecule has 1 saturated heterocycles. The van der Waals surface area contributed by atoms with Crippen molar-refractivity contribution in [2.45, 2.75) is 44.7 Å². The van der Waals surface area contributed by atoms with Gasteiger partial charge in [0.05, 0.1) is 12.1 Å². The van der Waals surface area contributed by atoms with Gasteiger partial charge in [0, 0.05) is 13.2 Å².